The highest BCUT2D eigenvalue weighted by Gasteiger charge is 2.13. The topological polar surface area (TPSA) is 86.3 Å². The Morgan fingerprint density at radius 3 is 1.77 bits per heavy atom. The van der Waals surface area contributed by atoms with Crippen LogP contribution in [0.5, 0.6) is 0 Å². The van der Waals surface area contributed by atoms with Crippen LogP contribution in [0.4, 0.5) is 0 Å². The fourth-order valence-electron chi connectivity index (χ4n) is 1.64. The molecule has 0 saturated carbocycles. The van der Waals surface area contributed by atoms with Crippen LogP contribution in [0.15, 0.2) is 0 Å². The van der Waals surface area contributed by atoms with Crippen molar-refractivity contribution >= 4 is 5.97 Å². The molecule has 0 unspecified atom stereocenters. The fraction of sp³-hybridized carbons (Fsp3) is 0.944. The lowest BCUT2D eigenvalue weighted by molar-refractivity contribution is -0.891. The van der Waals surface area contributed by atoms with Crippen molar-refractivity contribution in [3.05, 3.63) is 0 Å². The van der Waals surface area contributed by atoms with E-state index in [9.17, 15) is 9.90 Å². The highest BCUT2D eigenvalue weighted by molar-refractivity contribution is 5.64. The van der Waals surface area contributed by atoms with Crippen LogP contribution in [0, 0.1) is 0 Å². The molecule has 0 amide bonds. The zero-order chi connectivity index (χ0) is 20.1. The molecule has 0 saturated heterocycles. The molecule has 0 aliphatic heterocycles. The first-order valence-electron chi connectivity index (χ1n) is 9.21. The van der Waals surface area contributed by atoms with E-state index < -0.39 is 5.97 Å². The first-order chi connectivity index (χ1) is 12.4. The second kappa shape index (κ2) is 20.5. The van der Waals surface area contributed by atoms with Crippen molar-refractivity contribution in [3.8, 4) is 0 Å². The van der Waals surface area contributed by atoms with Crippen LogP contribution in [-0.4, -0.2) is 104 Å². The van der Waals surface area contributed by atoms with Crippen LogP contribution in [-0.2, 0) is 28.5 Å². The van der Waals surface area contributed by atoms with E-state index in [-0.39, 0.29) is 13.0 Å². The van der Waals surface area contributed by atoms with Gasteiger partial charge in [-0.3, -0.25) is 0 Å². The molecular formula is C18H39NO7. The Morgan fingerprint density at radius 1 is 0.769 bits per heavy atom. The fourth-order valence-corrected chi connectivity index (χ4v) is 1.64. The molecule has 0 atom stereocenters. The van der Waals surface area contributed by atoms with Crippen molar-refractivity contribution in [3.63, 3.8) is 0 Å². The van der Waals surface area contributed by atoms with Gasteiger partial charge in [0.15, 0.2) is 0 Å². The van der Waals surface area contributed by atoms with E-state index in [0.717, 1.165) is 37.4 Å². The third-order valence-electron chi connectivity index (χ3n) is 3.34. The van der Waals surface area contributed by atoms with Crippen molar-refractivity contribution in [2.75, 3.05) is 93.8 Å². The average molecular weight is 382 g/mol. The van der Waals surface area contributed by atoms with Crippen molar-refractivity contribution in [2.45, 2.75) is 20.3 Å². The van der Waals surface area contributed by atoms with E-state index in [1.165, 1.54) is 0 Å². The van der Waals surface area contributed by atoms with Crippen LogP contribution in [0.2, 0.25) is 0 Å². The van der Waals surface area contributed by atoms with E-state index in [1.54, 1.807) is 7.11 Å². The number of quaternary nitrogens is 1. The Kier molecular flexibility index (Phi) is 21.7. The van der Waals surface area contributed by atoms with Gasteiger partial charge in [0.05, 0.1) is 60.3 Å². The Labute approximate surface area is 158 Å². The zero-order valence-corrected chi connectivity index (χ0v) is 17.3. The largest absolute Gasteiger partial charge is 0.550 e. The van der Waals surface area contributed by atoms with E-state index in [1.807, 2.05) is 13.8 Å². The molecule has 8 heteroatoms. The van der Waals surface area contributed by atoms with Gasteiger partial charge in [0, 0.05) is 32.7 Å². The molecule has 0 radical (unpaired) electrons. The monoisotopic (exact) mass is 381 g/mol. The standard InChI is InChI=1S/C11H26NO3.C7H14O4/c1-5-14-8-6-12(2,3)7-9-15-11-10-13-4;1-2-10-5-6-11-4-3-7(8)9/h5-11H2,1-4H3;2-6H2,1H3,(H,8,9)/q+1;/p-1. The summed E-state index contributed by atoms with van der Waals surface area (Å²) in [7, 11) is 6.07. The quantitative estimate of drug-likeness (QED) is 0.258. The van der Waals surface area contributed by atoms with Crippen LogP contribution in [0.3, 0.4) is 0 Å². The number of carbonyl (C=O) groups excluding carboxylic acids is 1. The van der Waals surface area contributed by atoms with E-state index in [4.69, 9.17) is 23.7 Å². The number of methoxy groups -OCH3 is 1. The van der Waals surface area contributed by atoms with Crippen molar-refractivity contribution in [2.24, 2.45) is 0 Å². The van der Waals surface area contributed by atoms with Gasteiger partial charge in [-0.15, -0.1) is 0 Å². The van der Waals surface area contributed by atoms with E-state index >= 15 is 0 Å². The number of carboxylic acids is 1. The van der Waals surface area contributed by atoms with E-state index in [2.05, 4.69) is 14.1 Å². The van der Waals surface area contributed by atoms with E-state index in [0.29, 0.717) is 33.0 Å². The number of aliphatic carboxylic acids is 1. The molecule has 0 N–H and O–H groups in total. The third kappa shape index (κ3) is 25.5. The molecule has 158 valence electrons. The average Bonchev–Trinajstić information content (AvgIpc) is 2.58. The molecule has 0 aliphatic rings. The maximum Gasteiger partial charge on any atom is 0.102 e. The van der Waals surface area contributed by atoms with Crippen LogP contribution >= 0.6 is 0 Å². The second-order valence-electron chi connectivity index (χ2n) is 6.12. The number of nitrogens with zero attached hydrogens (tertiary/aromatic N) is 1. The molecule has 0 aromatic carbocycles. The minimum Gasteiger partial charge on any atom is -0.550 e. The summed E-state index contributed by atoms with van der Waals surface area (Å²) in [4.78, 5) is 9.87. The smallest absolute Gasteiger partial charge is 0.102 e. The molecule has 0 aliphatic carbocycles. The second-order valence-corrected chi connectivity index (χ2v) is 6.12. The minimum absolute atomic E-state index is 0.0495. The number of hydrogen-bond acceptors (Lipinski definition) is 7. The highest BCUT2D eigenvalue weighted by atomic mass is 16.5. The molecule has 26 heavy (non-hydrogen) atoms. The summed E-state index contributed by atoms with van der Waals surface area (Å²) >= 11 is 0. The molecule has 0 aromatic rings. The predicted molar refractivity (Wildman–Crippen MR) is 98.0 cm³/mol. The van der Waals surface area contributed by atoms with Gasteiger partial charge in [0.1, 0.15) is 13.1 Å². The normalized spacial score (nSPS) is 11.1. The van der Waals surface area contributed by atoms with Crippen LogP contribution in [0.1, 0.15) is 20.3 Å². The third-order valence-corrected chi connectivity index (χ3v) is 3.34. The van der Waals surface area contributed by atoms with Crippen molar-refractivity contribution in [1.82, 2.24) is 0 Å². The summed E-state index contributed by atoms with van der Waals surface area (Å²) in [6, 6.07) is 0. The summed E-state index contributed by atoms with van der Waals surface area (Å²) in [5.74, 6) is -1.08. The molecular weight excluding hydrogens is 342 g/mol. The summed E-state index contributed by atoms with van der Waals surface area (Å²) in [5.41, 5.74) is 0. The van der Waals surface area contributed by atoms with Gasteiger partial charge in [-0.1, -0.05) is 0 Å². The summed E-state index contributed by atoms with van der Waals surface area (Å²) in [5, 5.41) is 9.87. The maximum atomic E-state index is 9.87. The van der Waals surface area contributed by atoms with Gasteiger partial charge in [0.2, 0.25) is 0 Å². The Bertz CT molecular complexity index is 301. The molecule has 0 fully saturated rings. The lowest BCUT2D eigenvalue weighted by Crippen LogP contribution is -2.44. The molecule has 8 nitrogen and oxygen atoms in total. The van der Waals surface area contributed by atoms with Gasteiger partial charge in [-0.05, 0) is 13.8 Å². The number of rotatable bonds is 17. The number of hydrogen-bond donors (Lipinski definition) is 0. The lowest BCUT2D eigenvalue weighted by atomic mass is 10.4. The summed E-state index contributed by atoms with van der Waals surface area (Å²) < 4.78 is 26.5. The summed E-state index contributed by atoms with van der Waals surface area (Å²) in [6.45, 7) is 11.5. The molecule has 0 bridgehead atoms. The molecule has 0 heterocycles. The Hall–Kier alpha value is -0.770. The van der Waals surface area contributed by atoms with Gasteiger partial charge in [-0.2, -0.15) is 0 Å². The number of likely N-dealkylation sites (N-methyl/N-ethyl adjacent to an activating group) is 1. The highest BCUT2D eigenvalue weighted by Crippen LogP contribution is 1.96. The number of carbonyl (C=O) groups is 1. The van der Waals surface area contributed by atoms with Crippen LogP contribution in [0.25, 0.3) is 0 Å². The first kappa shape index (κ1) is 27.4. The number of ether oxygens (including phenoxy) is 5. The van der Waals surface area contributed by atoms with Gasteiger partial charge in [-0.25, -0.2) is 0 Å². The predicted octanol–water partition coefficient (Wildman–Crippen LogP) is -0.0582. The molecule has 0 aromatic heterocycles. The van der Waals surface area contributed by atoms with Crippen molar-refractivity contribution in [1.29, 1.82) is 0 Å². The van der Waals surface area contributed by atoms with Gasteiger partial charge in [0.25, 0.3) is 0 Å². The lowest BCUT2D eigenvalue weighted by Gasteiger charge is -2.29. The van der Waals surface area contributed by atoms with Crippen molar-refractivity contribution < 1.29 is 38.1 Å². The minimum atomic E-state index is -1.08. The molecule has 0 spiro atoms. The van der Waals surface area contributed by atoms with Crippen LogP contribution < -0.4 is 5.11 Å². The SMILES string of the molecule is CCOCCOCCC(=O)[O-].CCOCC[N+](C)(C)CCOCCOC. The molecule has 0 rings (SSSR count). The zero-order valence-electron chi connectivity index (χ0n) is 17.3. The van der Waals surface area contributed by atoms with Gasteiger partial charge < -0.3 is 38.1 Å². The maximum absolute atomic E-state index is 9.87. The first-order valence-corrected chi connectivity index (χ1v) is 9.21. The number of carboxylic acid groups (broad SMARTS) is 1. The Morgan fingerprint density at radius 2 is 1.23 bits per heavy atom. The Balaban J connectivity index is 0. The van der Waals surface area contributed by atoms with Gasteiger partial charge >= 0.3 is 0 Å². The summed E-state index contributed by atoms with van der Waals surface area (Å²) in [6.07, 6.45) is -0.0495.